The molecule has 0 saturated carbocycles. The number of benzene rings is 1. The predicted octanol–water partition coefficient (Wildman–Crippen LogP) is 1.50. The minimum Gasteiger partial charge on any atom is -0.486 e. The van der Waals surface area contributed by atoms with Gasteiger partial charge in [0, 0.05) is 0 Å². The molecular weight excluding hydrogens is 276 g/mol. The first-order valence-electron chi connectivity index (χ1n) is 6.78. The fourth-order valence-corrected chi connectivity index (χ4v) is 1.85. The summed E-state index contributed by atoms with van der Waals surface area (Å²) < 4.78 is 20.6. The van der Waals surface area contributed by atoms with Gasteiger partial charge in [0.25, 0.3) is 0 Å². The van der Waals surface area contributed by atoms with Crippen LogP contribution in [0.5, 0.6) is 11.5 Å². The lowest BCUT2D eigenvalue weighted by molar-refractivity contribution is -0.160. The highest BCUT2D eigenvalue weighted by Crippen LogP contribution is 2.30. The van der Waals surface area contributed by atoms with E-state index in [1.807, 2.05) is 0 Å². The van der Waals surface area contributed by atoms with Crippen molar-refractivity contribution in [2.75, 3.05) is 19.8 Å². The van der Waals surface area contributed by atoms with Crippen molar-refractivity contribution in [3.8, 4) is 11.5 Å². The lowest BCUT2D eigenvalue weighted by atomic mass is 10.1. The van der Waals surface area contributed by atoms with Gasteiger partial charge in [-0.1, -0.05) is 6.07 Å². The number of hydrogen-bond donors (Lipinski definition) is 0. The van der Waals surface area contributed by atoms with Gasteiger partial charge in [-0.2, -0.15) is 0 Å². The molecule has 6 nitrogen and oxygen atoms in total. The molecule has 0 amide bonds. The second kappa shape index (κ2) is 6.97. The largest absolute Gasteiger partial charge is 0.486 e. The highest BCUT2D eigenvalue weighted by Gasteiger charge is 2.15. The fraction of sp³-hybridized carbons (Fsp3) is 0.467. The standard InChI is InChI=1S/C15H18O6/c1-10(2)21-15(17)9-20-14(16)8-11-3-4-12-13(7-11)19-6-5-18-12/h3-4,7,10H,5-6,8-9H2,1-2H3. The Morgan fingerprint density at radius 1 is 1.14 bits per heavy atom. The molecule has 0 bridgehead atoms. The minimum absolute atomic E-state index is 0.0611. The third-order valence-corrected chi connectivity index (χ3v) is 2.67. The Balaban J connectivity index is 1.84. The van der Waals surface area contributed by atoms with Crippen molar-refractivity contribution in [3.63, 3.8) is 0 Å². The zero-order valence-corrected chi connectivity index (χ0v) is 12.1. The number of carbonyl (C=O) groups is 2. The summed E-state index contributed by atoms with van der Waals surface area (Å²) in [6.07, 6.45) is -0.167. The molecule has 1 aliphatic heterocycles. The summed E-state index contributed by atoms with van der Waals surface area (Å²) in [5.74, 6) is 0.234. The summed E-state index contributed by atoms with van der Waals surface area (Å²) in [5, 5.41) is 0. The smallest absolute Gasteiger partial charge is 0.344 e. The molecule has 0 radical (unpaired) electrons. The van der Waals surface area contributed by atoms with Crippen LogP contribution >= 0.6 is 0 Å². The van der Waals surface area contributed by atoms with Gasteiger partial charge in [0.05, 0.1) is 12.5 Å². The molecule has 114 valence electrons. The van der Waals surface area contributed by atoms with Gasteiger partial charge in [-0.3, -0.25) is 4.79 Å². The average molecular weight is 294 g/mol. The van der Waals surface area contributed by atoms with Crippen LogP contribution in [0.3, 0.4) is 0 Å². The Labute approximate surface area is 122 Å². The summed E-state index contributed by atoms with van der Waals surface area (Å²) in [6.45, 7) is 4.10. The Bertz CT molecular complexity index is 523. The molecule has 6 heteroatoms. The molecular formula is C15H18O6. The Morgan fingerprint density at radius 3 is 2.57 bits per heavy atom. The number of hydrogen-bond acceptors (Lipinski definition) is 6. The van der Waals surface area contributed by atoms with Gasteiger partial charge >= 0.3 is 11.9 Å². The quantitative estimate of drug-likeness (QED) is 0.766. The maximum absolute atomic E-state index is 11.7. The third-order valence-electron chi connectivity index (χ3n) is 2.67. The van der Waals surface area contributed by atoms with Gasteiger partial charge in [-0.25, -0.2) is 4.79 Å². The van der Waals surface area contributed by atoms with Crippen molar-refractivity contribution in [2.24, 2.45) is 0 Å². The number of carbonyl (C=O) groups excluding carboxylic acids is 2. The van der Waals surface area contributed by atoms with Crippen LogP contribution in [-0.4, -0.2) is 37.9 Å². The van der Waals surface area contributed by atoms with Crippen molar-refractivity contribution in [1.82, 2.24) is 0 Å². The van der Waals surface area contributed by atoms with E-state index in [0.717, 1.165) is 5.56 Å². The molecule has 0 spiro atoms. The minimum atomic E-state index is -0.555. The second-order valence-electron chi connectivity index (χ2n) is 4.85. The van der Waals surface area contributed by atoms with Gasteiger partial charge in [-0.05, 0) is 31.5 Å². The molecule has 2 rings (SSSR count). The molecule has 1 heterocycles. The molecule has 0 fully saturated rings. The monoisotopic (exact) mass is 294 g/mol. The fourth-order valence-electron chi connectivity index (χ4n) is 1.85. The van der Waals surface area contributed by atoms with Gasteiger partial charge in [0.15, 0.2) is 18.1 Å². The predicted molar refractivity (Wildman–Crippen MR) is 73.3 cm³/mol. The summed E-state index contributed by atoms with van der Waals surface area (Å²) >= 11 is 0. The maximum atomic E-state index is 11.7. The zero-order chi connectivity index (χ0) is 15.2. The molecule has 1 aliphatic rings. The molecule has 0 saturated heterocycles. The van der Waals surface area contributed by atoms with Crippen molar-refractivity contribution in [1.29, 1.82) is 0 Å². The lowest BCUT2D eigenvalue weighted by Crippen LogP contribution is -2.20. The van der Waals surface area contributed by atoms with E-state index in [2.05, 4.69) is 0 Å². The van der Waals surface area contributed by atoms with Crippen LogP contribution in [0.25, 0.3) is 0 Å². The van der Waals surface area contributed by atoms with Crippen molar-refractivity contribution in [2.45, 2.75) is 26.4 Å². The van der Waals surface area contributed by atoms with Gasteiger partial charge in [0.1, 0.15) is 13.2 Å². The summed E-state index contributed by atoms with van der Waals surface area (Å²) in [7, 11) is 0. The van der Waals surface area contributed by atoms with Gasteiger partial charge in [0.2, 0.25) is 0 Å². The molecule has 1 aromatic rings. The van der Waals surface area contributed by atoms with Crippen molar-refractivity contribution < 1.29 is 28.5 Å². The number of fused-ring (bicyclic) bond motifs is 1. The molecule has 0 aromatic heterocycles. The topological polar surface area (TPSA) is 71.1 Å². The molecule has 0 aliphatic carbocycles. The van der Waals surface area contributed by atoms with E-state index in [1.54, 1.807) is 32.0 Å². The number of ether oxygens (including phenoxy) is 4. The normalized spacial score (nSPS) is 12.9. The van der Waals surface area contributed by atoms with E-state index in [-0.39, 0.29) is 19.1 Å². The zero-order valence-electron chi connectivity index (χ0n) is 12.1. The third kappa shape index (κ3) is 4.66. The van der Waals surface area contributed by atoms with E-state index >= 15 is 0 Å². The summed E-state index contributed by atoms with van der Waals surface area (Å²) in [6, 6.07) is 5.26. The van der Waals surface area contributed by atoms with Crippen molar-refractivity contribution >= 4 is 11.9 Å². The van der Waals surface area contributed by atoms with Crippen molar-refractivity contribution in [3.05, 3.63) is 23.8 Å². The van der Waals surface area contributed by atoms with Crippen LogP contribution in [0, 0.1) is 0 Å². The summed E-state index contributed by atoms with van der Waals surface area (Å²) in [5.41, 5.74) is 0.737. The Hall–Kier alpha value is -2.24. The average Bonchev–Trinajstić information content (AvgIpc) is 2.44. The second-order valence-corrected chi connectivity index (χ2v) is 4.85. The molecule has 0 atom stereocenters. The first kappa shape index (κ1) is 15.2. The Kier molecular flexibility index (Phi) is 5.03. The van der Waals surface area contributed by atoms with Crippen LogP contribution in [0.4, 0.5) is 0 Å². The first-order chi connectivity index (χ1) is 10.0. The maximum Gasteiger partial charge on any atom is 0.344 e. The van der Waals surface area contributed by atoms with Gasteiger partial charge in [-0.15, -0.1) is 0 Å². The van der Waals surface area contributed by atoms with Crippen LogP contribution in [-0.2, 0) is 25.5 Å². The molecule has 21 heavy (non-hydrogen) atoms. The highest BCUT2D eigenvalue weighted by molar-refractivity contribution is 5.78. The van der Waals surface area contributed by atoms with Gasteiger partial charge < -0.3 is 18.9 Å². The van der Waals surface area contributed by atoms with Crippen LogP contribution < -0.4 is 9.47 Å². The van der Waals surface area contributed by atoms with E-state index in [1.165, 1.54) is 0 Å². The van der Waals surface area contributed by atoms with Crippen LogP contribution in [0.15, 0.2) is 18.2 Å². The van der Waals surface area contributed by atoms with E-state index in [0.29, 0.717) is 24.7 Å². The number of esters is 2. The lowest BCUT2D eigenvalue weighted by Gasteiger charge is -2.18. The van der Waals surface area contributed by atoms with E-state index in [9.17, 15) is 9.59 Å². The Morgan fingerprint density at radius 2 is 1.86 bits per heavy atom. The van der Waals surface area contributed by atoms with E-state index < -0.39 is 11.9 Å². The molecule has 1 aromatic carbocycles. The molecule has 0 N–H and O–H groups in total. The van der Waals surface area contributed by atoms with Crippen LogP contribution in [0.1, 0.15) is 19.4 Å². The summed E-state index contributed by atoms with van der Waals surface area (Å²) in [4.78, 5) is 22.9. The van der Waals surface area contributed by atoms with E-state index in [4.69, 9.17) is 18.9 Å². The highest BCUT2D eigenvalue weighted by atomic mass is 16.6. The van der Waals surface area contributed by atoms with Crippen LogP contribution in [0.2, 0.25) is 0 Å². The molecule has 0 unspecified atom stereocenters. The first-order valence-corrected chi connectivity index (χ1v) is 6.78. The SMILES string of the molecule is CC(C)OC(=O)COC(=O)Cc1ccc2c(c1)OCCO2. The number of rotatable bonds is 5.